The maximum absolute atomic E-state index is 13.6. The number of hydrogen-bond donors (Lipinski definition) is 3. The van der Waals surface area contributed by atoms with Gasteiger partial charge in [-0.2, -0.15) is 0 Å². The molecule has 0 aliphatic carbocycles. The van der Waals surface area contributed by atoms with Crippen LogP contribution in [-0.2, 0) is 9.53 Å². The highest BCUT2D eigenvalue weighted by molar-refractivity contribution is 5.76. The molecule has 0 radical (unpaired) electrons. The Balaban J connectivity index is 2.30. The van der Waals surface area contributed by atoms with Crippen molar-refractivity contribution in [2.24, 2.45) is 0 Å². The summed E-state index contributed by atoms with van der Waals surface area (Å²) in [6, 6.07) is 0. The van der Waals surface area contributed by atoms with Crippen molar-refractivity contribution in [2.75, 3.05) is 13.2 Å². The molecule has 1 amide bonds. The summed E-state index contributed by atoms with van der Waals surface area (Å²) in [6.07, 6.45) is 33.6. The van der Waals surface area contributed by atoms with E-state index in [4.69, 9.17) is 4.74 Å². The molecule has 0 aromatic heterocycles. The number of carbonyl (C=O) groups excluding carboxylic acids is 1. The smallest absolute Gasteiger partial charge is 0.224 e. The molecule has 5 atom stereocenters. The molecule has 0 unspecified atom stereocenters. The summed E-state index contributed by atoms with van der Waals surface area (Å²) < 4.78 is 19.3. The van der Waals surface area contributed by atoms with Crippen LogP contribution in [-0.4, -0.2) is 70.0 Å². The van der Waals surface area contributed by atoms with E-state index in [-0.39, 0.29) is 5.91 Å². The number of ether oxygens (including phenoxy) is 1. The minimum atomic E-state index is -1.56. The highest BCUT2D eigenvalue weighted by atomic mass is 19.1. The lowest BCUT2D eigenvalue weighted by atomic mass is 9.97. The predicted molar refractivity (Wildman–Crippen MR) is 203 cm³/mol. The van der Waals surface area contributed by atoms with Crippen molar-refractivity contribution in [2.45, 2.75) is 237 Å². The molecule has 1 aliphatic rings. The SMILES string of the molecule is CCCCCCCC/C=C\CCCCCCCC(=O)N(CCCCCCCCCCCCCCCCCC)[C@@H]1O[C@H](CF)[C@@H](O)[C@H](O)[C@H]1O. The number of aliphatic hydroxyl groups excluding tert-OH is 3. The Labute approximate surface area is 302 Å². The average molecular weight is 698 g/mol. The van der Waals surface area contributed by atoms with Gasteiger partial charge in [-0.15, -0.1) is 0 Å². The van der Waals surface area contributed by atoms with Crippen LogP contribution in [0.5, 0.6) is 0 Å². The normalized spacial score (nSPS) is 21.1. The van der Waals surface area contributed by atoms with Gasteiger partial charge in [0.05, 0.1) is 0 Å². The third-order valence-corrected chi connectivity index (χ3v) is 10.4. The molecule has 6 nitrogen and oxygen atoms in total. The maximum atomic E-state index is 13.6. The molecule has 1 rings (SSSR count). The zero-order chi connectivity index (χ0) is 35.8. The fourth-order valence-electron chi connectivity index (χ4n) is 7.03. The molecule has 49 heavy (non-hydrogen) atoms. The van der Waals surface area contributed by atoms with Crippen LogP contribution in [0.4, 0.5) is 4.39 Å². The number of amides is 1. The van der Waals surface area contributed by atoms with E-state index in [1.807, 2.05) is 0 Å². The minimum absolute atomic E-state index is 0.135. The number of carbonyl (C=O) groups is 1. The quantitative estimate of drug-likeness (QED) is 0.0460. The molecule has 1 fully saturated rings. The van der Waals surface area contributed by atoms with Gasteiger partial charge in [0.1, 0.15) is 31.1 Å². The number of rotatable bonds is 34. The lowest BCUT2D eigenvalue weighted by Gasteiger charge is -2.44. The summed E-state index contributed by atoms with van der Waals surface area (Å²) in [5, 5.41) is 31.3. The van der Waals surface area contributed by atoms with Crippen molar-refractivity contribution >= 4 is 5.91 Å². The predicted octanol–water partition coefficient (Wildman–Crippen LogP) is 10.9. The van der Waals surface area contributed by atoms with Gasteiger partial charge < -0.3 is 25.0 Å². The third kappa shape index (κ3) is 23.2. The van der Waals surface area contributed by atoms with Crippen LogP contribution < -0.4 is 0 Å². The first-order valence-corrected chi connectivity index (χ1v) is 21.2. The Kier molecular flexibility index (Phi) is 30.8. The van der Waals surface area contributed by atoms with E-state index >= 15 is 0 Å². The summed E-state index contributed by atoms with van der Waals surface area (Å²) in [5.41, 5.74) is 0. The van der Waals surface area contributed by atoms with Gasteiger partial charge in [0.15, 0.2) is 6.23 Å². The number of allylic oxidation sites excluding steroid dienone is 2. The van der Waals surface area contributed by atoms with Crippen LogP contribution in [0.1, 0.15) is 206 Å². The van der Waals surface area contributed by atoms with Crippen molar-refractivity contribution in [3.8, 4) is 0 Å². The molecule has 1 heterocycles. The van der Waals surface area contributed by atoms with E-state index in [9.17, 15) is 24.5 Å². The number of aliphatic hydroxyl groups is 3. The molecule has 0 aromatic rings. The molecular weight excluding hydrogens is 617 g/mol. The number of unbranched alkanes of at least 4 members (excludes halogenated alkanes) is 26. The van der Waals surface area contributed by atoms with Gasteiger partial charge in [-0.05, 0) is 38.5 Å². The molecule has 3 N–H and O–H groups in total. The fraction of sp³-hybridized carbons (Fsp3) is 0.929. The van der Waals surface area contributed by atoms with E-state index in [0.29, 0.717) is 13.0 Å². The largest absolute Gasteiger partial charge is 0.387 e. The zero-order valence-corrected chi connectivity index (χ0v) is 32.2. The highest BCUT2D eigenvalue weighted by Gasteiger charge is 2.46. The average Bonchev–Trinajstić information content (AvgIpc) is 3.10. The van der Waals surface area contributed by atoms with Gasteiger partial charge in [0, 0.05) is 13.0 Å². The molecule has 0 spiro atoms. The Morgan fingerprint density at radius 2 is 0.939 bits per heavy atom. The van der Waals surface area contributed by atoms with Crippen LogP contribution in [0.15, 0.2) is 12.2 Å². The Hall–Kier alpha value is -1.02. The molecule has 1 saturated heterocycles. The molecule has 7 heteroatoms. The summed E-state index contributed by atoms with van der Waals surface area (Å²) in [7, 11) is 0. The van der Waals surface area contributed by atoms with Gasteiger partial charge in [0.25, 0.3) is 0 Å². The standard InChI is InChI=1S/C42H80FNO5/c1-3-5-7-9-11-13-15-17-19-21-23-25-27-29-31-33-35-44(42-41(48)40(47)39(46)37(36-43)49-42)38(45)34-32-30-28-26-24-22-20-18-16-14-12-10-8-6-4-2/h18,20,37,39-42,46-48H,3-17,19,21-36H2,1-2H3/b20-18-/t37-,39-,40+,41-,42-/m1/s1. The Bertz CT molecular complexity index is 765. The van der Waals surface area contributed by atoms with Crippen LogP contribution in [0.25, 0.3) is 0 Å². The van der Waals surface area contributed by atoms with Gasteiger partial charge >= 0.3 is 0 Å². The second-order valence-corrected chi connectivity index (χ2v) is 14.9. The Morgan fingerprint density at radius 3 is 1.37 bits per heavy atom. The number of nitrogens with zero attached hydrogens (tertiary/aromatic N) is 1. The third-order valence-electron chi connectivity index (χ3n) is 10.4. The lowest BCUT2D eigenvalue weighted by molar-refractivity contribution is -0.259. The van der Waals surface area contributed by atoms with Crippen molar-refractivity contribution in [1.82, 2.24) is 4.90 Å². The van der Waals surface area contributed by atoms with E-state index < -0.39 is 37.3 Å². The van der Waals surface area contributed by atoms with Gasteiger partial charge in [0.2, 0.25) is 5.91 Å². The van der Waals surface area contributed by atoms with Crippen LogP contribution in [0.3, 0.4) is 0 Å². The molecule has 0 aromatic carbocycles. The topological polar surface area (TPSA) is 90.2 Å². The molecule has 0 bridgehead atoms. The van der Waals surface area contributed by atoms with Crippen LogP contribution >= 0.6 is 0 Å². The summed E-state index contributed by atoms with van der Waals surface area (Å²) in [6.45, 7) is 3.92. The zero-order valence-electron chi connectivity index (χ0n) is 32.2. The second kappa shape index (κ2) is 32.9. The number of halogens is 1. The first-order chi connectivity index (χ1) is 24.0. The monoisotopic (exact) mass is 698 g/mol. The van der Waals surface area contributed by atoms with Crippen LogP contribution in [0.2, 0.25) is 0 Å². The molecule has 0 saturated carbocycles. The maximum Gasteiger partial charge on any atom is 0.224 e. The minimum Gasteiger partial charge on any atom is -0.387 e. The Morgan fingerprint density at radius 1 is 0.551 bits per heavy atom. The summed E-state index contributed by atoms with van der Waals surface area (Å²) in [5.74, 6) is -0.135. The van der Waals surface area contributed by atoms with Gasteiger partial charge in [-0.3, -0.25) is 4.79 Å². The molecule has 290 valence electrons. The highest BCUT2D eigenvalue weighted by Crippen LogP contribution is 2.26. The van der Waals surface area contributed by atoms with Gasteiger partial charge in [-0.1, -0.05) is 174 Å². The first-order valence-electron chi connectivity index (χ1n) is 21.2. The van der Waals surface area contributed by atoms with Crippen LogP contribution in [0, 0.1) is 0 Å². The van der Waals surface area contributed by atoms with Crippen molar-refractivity contribution in [3.05, 3.63) is 12.2 Å². The van der Waals surface area contributed by atoms with Crippen molar-refractivity contribution in [3.63, 3.8) is 0 Å². The van der Waals surface area contributed by atoms with E-state index in [1.54, 1.807) is 0 Å². The summed E-state index contributed by atoms with van der Waals surface area (Å²) >= 11 is 0. The first kappa shape index (κ1) is 46.0. The van der Waals surface area contributed by atoms with E-state index in [0.717, 1.165) is 51.4 Å². The number of alkyl halides is 1. The molecule has 1 aliphatic heterocycles. The van der Waals surface area contributed by atoms with Crippen molar-refractivity contribution < 1.29 is 29.2 Å². The van der Waals surface area contributed by atoms with E-state index in [1.165, 1.54) is 140 Å². The lowest BCUT2D eigenvalue weighted by Crippen LogP contribution is -2.64. The van der Waals surface area contributed by atoms with Gasteiger partial charge in [-0.25, -0.2) is 4.39 Å². The number of hydrogen-bond acceptors (Lipinski definition) is 5. The summed E-state index contributed by atoms with van der Waals surface area (Å²) in [4.78, 5) is 14.9. The molecular formula is C42H80FNO5. The van der Waals surface area contributed by atoms with E-state index in [2.05, 4.69) is 26.0 Å². The second-order valence-electron chi connectivity index (χ2n) is 14.9. The van der Waals surface area contributed by atoms with Crippen molar-refractivity contribution in [1.29, 1.82) is 0 Å². The fourth-order valence-corrected chi connectivity index (χ4v) is 7.03.